The number of hydrogen-bond donors (Lipinski definition) is 2. The van der Waals surface area contributed by atoms with Gasteiger partial charge in [0.05, 0.1) is 24.2 Å². The summed E-state index contributed by atoms with van der Waals surface area (Å²) in [4.78, 5) is 26.4. The zero-order valence-electron chi connectivity index (χ0n) is 17.7. The van der Waals surface area contributed by atoms with E-state index in [2.05, 4.69) is 20.2 Å². The van der Waals surface area contributed by atoms with E-state index >= 15 is 0 Å². The first-order valence-corrected chi connectivity index (χ1v) is 11.1. The lowest BCUT2D eigenvalue weighted by atomic mass is 10.0. The van der Waals surface area contributed by atoms with Crippen molar-refractivity contribution in [2.75, 3.05) is 51.8 Å². The molecule has 3 heterocycles. The van der Waals surface area contributed by atoms with Gasteiger partial charge in [-0.05, 0) is 11.5 Å². The van der Waals surface area contributed by atoms with Crippen LogP contribution in [-0.4, -0.2) is 72.8 Å². The van der Waals surface area contributed by atoms with Crippen LogP contribution >= 0.6 is 11.3 Å². The number of nitrogens with zero attached hydrogens (tertiary/aromatic N) is 4. The van der Waals surface area contributed by atoms with Crippen molar-refractivity contribution in [2.24, 2.45) is 0 Å². The minimum atomic E-state index is -0.207. The van der Waals surface area contributed by atoms with Crippen molar-refractivity contribution < 1.29 is 14.6 Å². The average Bonchev–Trinajstić information content (AvgIpc) is 3.18. The predicted molar refractivity (Wildman–Crippen MR) is 122 cm³/mol. The van der Waals surface area contributed by atoms with E-state index in [0.717, 1.165) is 34.3 Å². The van der Waals surface area contributed by atoms with Crippen LogP contribution in [0, 0.1) is 0 Å². The van der Waals surface area contributed by atoms with Crippen molar-refractivity contribution in [1.29, 1.82) is 0 Å². The Kier molecular flexibility index (Phi) is 6.77. The van der Waals surface area contributed by atoms with Crippen LogP contribution in [0.4, 0.5) is 5.95 Å². The zero-order valence-corrected chi connectivity index (χ0v) is 18.6. The normalized spacial score (nSPS) is 17.1. The van der Waals surface area contributed by atoms with E-state index in [0.29, 0.717) is 24.0 Å². The van der Waals surface area contributed by atoms with Crippen LogP contribution in [0.25, 0.3) is 10.1 Å². The molecule has 0 aliphatic carbocycles. The quantitative estimate of drug-likeness (QED) is 0.580. The minimum Gasteiger partial charge on any atom is -0.395 e. The number of rotatable bonds is 7. The van der Waals surface area contributed by atoms with E-state index in [-0.39, 0.29) is 25.2 Å². The Morgan fingerprint density at radius 3 is 2.84 bits per heavy atom. The van der Waals surface area contributed by atoms with E-state index in [1.165, 1.54) is 11.3 Å². The Hall–Kier alpha value is -2.59. The van der Waals surface area contributed by atoms with Crippen molar-refractivity contribution in [1.82, 2.24) is 20.2 Å². The molecule has 0 spiro atoms. The van der Waals surface area contributed by atoms with Gasteiger partial charge in [0.2, 0.25) is 5.95 Å². The Balaban J connectivity index is 1.56. The summed E-state index contributed by atoms with van der Waals surface area (Å²) >= 11 is 1.47. The fourth-order valence-electron chi connectivity index (χ4n) is 3.74. The van der Waals surface area contributed by atoms with Gasteiger partial charge in [-0.2, -0.15) is 0 Å². The third-order valence-corrected chi connectivity index (χ3v) is 6.39. The third kappa shape index (κ3) is 4.85. The lowest BCUT2D eigenvalue weighted by Crippen LogP contribution is -2.38. The summed E-state index contributed by atoms with van der Waals surface area (Å²) in [6.07, 6.45) is 3.52. The number of fused-ring (bicyclic) bond motifs is 1. The van der Waals surface area contributed by atoms with Gasteiger partial charge in [-0.1, -0.05) is 18.2 Å². The molecule has 1 aromatic carbocycles. The van der Waals surface area contributed by atoms with Crippen molar-refractivity contribution in [3.05, 3.63) is 52.7 Å². The molecule has 8 nitrogen and oxygen atoms in total. The number of morpholine rings is 1. The van der Waals surface area contributed by atoms with Gasteiger partial charge in [0.25, 0.3) is 5.91 Å². The maximum atomic E-state index is 12.8. The van der Waals surface area contributed by atoms with E-state index in [4.69, 9.17) is 9.84 Å². The molecule has 31 heavy (non-hydrogen) atoms. The molecule has 1 atom stereocenters. The van der Waals surface area contributed by atoms with E-state index in [9.17, 15) is 4.79 Å². The van der Waals surface area contributed by atoms with Gasteiger partial charge in [0.1, 0.15) is 0 Å². The highest BCUT2D eigenvalue weighted by molar-refractivity contribution is 7.21. The molecule has 1 aliphatic heterocycles. The molecule has 164 valence electrons. The molecule has 2 aromatic heterocycles. The standard InChI is InChI=1S/C22H27N5O3S/c1-26(2)22-24-11-15(12-25-22)13-27-8-10-30-17(14-27)19-16-5-3-4-6-18(16)31-20(19)21(29)23-7-9-28/h3-6,11-12,17,28H,7-10,13-14H2,1-2H3,(H,23,29)/t17-/m0/s1. The first-order valence-electron chi connectivity index (χ1n) is 10.3. The second-order valence-electron chi connectivity index (χ2n) is 7.70. The van der Waals surface area contributed by atoms with Gasteiger partial charge in [0.15, 0.2) is 0 Å². The molecule has 2 N–H and O–H groups in total. The highest BCUT2D eigenvalue weighted by Gasteiger charge is 2.29. The Labute approximate surface area is 185 Å². The van der Waals surface area contributed by atoms with Crippen LogP contribution in [0.1, 0.15) is 26.9 Å². The van der Waals surface area contributed by atoms with Crippen LogP contribution in [-0.2, 0) is 11.3 Å². The van der Waals surface area contributed by atoms with E-state index < -0.39 is 0 Å². The lowest BCUT2D eigenvalue weighted by molar-refractivity contribution is -0.0323. The molecular weight excluding hydrogens is 414 g/mol. The number of aliphatic hydroxyl groups excluding tert-OH is 1. The summed E-state index contributed by atoms with van der Waals surface area (Å²) in [6, 6.07) is 8.03. The third-order valence-electron chi connectivity index (χ3n) is 5.21. The summed E-state index contributed by atoms with van der Waals surface area (Å²) in [6.45, 7) is 2.93. The zero-order chi connectivity index (χ0) is 21.8. The maximum absolute atomic E-state index is 12.8. The first-order chi connectivity index (χ1) is 15.1. The molecule has 9 heteroatoms. The highest BCUT2D eigenvalue weighted by Crippen LogP contribution is 2.38. The molecule has 0 radical (unpaired) electrons. The number of thiophene rings is 1. The van der Waals surface area contributed by atoms with Crippen LogP contribution < -0.4 is 10.2 Å². The molecule has 0 bridgehead atoms. The number of benzene rings is 1. The number of aliphatic hydroxyl groups is 1. The second kappa shape index (κ2) is 9.69. The van der Waals surface area contributed by atoms with E-state index in [1.54, 1.807) is 0 Å². The van der Waals surface area contributed by atoms with Crippen molar-refractivity contribution in [2.45, 2.75) is 12.6 Å². The largest absolute Gasteiger partial charge is 0.395 e. The Bertz CT molecular complexity index is 1040. The van der Waals surface area contributed by atoms with Gasteiger partial charge in [0, 0.05) is 68.5 Å². The van der Waals surface area contributed by atoms with Gasteiger partial charge in [-0.25, -0.2) is 9.97 Å². The fraction of sp³-hybridized carbons (Fsp3) is 0.409. The van der Waals surface area contributed by atoms with Crippen LogP contribution in [0.15, 0.2) is 36.7 Å². The number of anilines is 1. The molecule has 4 rings (SSSR count). The Morgan fingerprint density at radius 2 is 2.10 bits per heavy atom. The number of nitrogens with one attached hydrogen (secondary N) is 1. The lowest BCUT2D eigenvalue weighted by Gasteiger charge is -2.33. The van der Waals surface area contributed by atoms with Crippen LogP contribution in [0.3, 0.4) is 0 Å². The number of carbonyl (C=O) groups is 1. The summed E-state index contributed by atoms with van der Waals surface area (Å²) in [5, 5.41) is 12.9. The molecule has 3 aromatic rings. The topological polar surface area (TPSA) is 90.8 Å². The summed E-state index contributed by atoms with van der Waals surface area (Å²) in [7, 11) is 3.84. The van der Waals surface area contributed by atoms with Crippen molar-refractivity contribution in [3.63, 3.8) is 0 Å². The number of hydrogen-bond acceptors (Lipinski definition) is 8. The number of aromatic nitrogens is 2. The van der Waals surface area contributed by atoms with E-state index in [1.807, 2.05) is 55.7 Å². The molecule has 1 amide bonds. The summed E-state index contributed by atoms with van der Waals surface area (Å²) in [5.41, 5.74) is 1.97. The van der Waals surface area contributed by atoms with Gasteiger partial charge >= 0.3 is 0 Å². The monoisotopic (exact) mass is 441 g/mol. The molecular formula is C22H27N5O3S. The second-order valence-corrected chi connectivity index (χ2v) is 8.75. The van der Waals surface area contributed by atoms with Gasteiger partial charge in [-0.15, -0.1) is 11.3 Å². The number of amides is 1. The van der Waals surface area contributed by atoms with Crippen molar-refractivity contribution >= 4 is 33.3 Å². The summed E-state index contributed by atoms with van der Waals surface area (Å²) in [5.74, 6) is 0.519. The van der Waals surface area contributed by atoms with Crippen LogP contribution in [0.2, 0.25) is 0 Å². The maximum Gasteiger partial charge on any atom is 0.261 e. The molecule has 1 saturated heterocycles. The van der Waals surface area contributed by atoms with Crippen molar-refractivity contribution in [3.8, 4) is 0 Å². The molecule has 1 aliphatic rings. The summed E-state index contributed by atoms with van der Waals surface area (Å²) < 4.78 is 7.20. The highest BCUT2D eigenvalue weighted by atomic mass is 32.1. The average molecular weight is 442 g/mol. The molecule has 0 unspecified atom stereocenters. The number of carbonyl (C=O) groups excluding carboxylic acids is 1. The first kappa shape index (κ1) is 21.6. The predicted octanol–water partition coefficient (Wildman–Crippen LogP) is 2.05. The molecule has 1 fully saturated rings. The molecule has 0 saturated carbocycles. The Morgan fingerprint density at radius 1 is 1.32 bits per heavy atom. The van der Waals surface area contributed by atoms with Gasteiger partial charge < -0.3 is 20.1 Å². The minimum absolute atomic E-state index is 0.0889. The SMILES string of the molecule is CN(C)c1ncc(CN2CCO[C@H](c3c(C(=O)NCCO)sc4ccccc34)C2)cn1. The number of ether oxygens (including phenoxy) is 1. The van der Waals surface area contributed by atoms with Gasteiger partial charge in [-0.3, -0.25) is 9.69 Å². The fourth-order valence-corrected chi connectivity index (χ4v) is 4.91. The smallest absolute Gasteiger partial charge is 0.261 e. The van der Waals surface area contributed by atoms with Crippen LogP contribution in [0.5, 0.6) is 0 Å².